The van der Waals surface area contributed by atoms with E-state index in [9.17, 15) is 4.79 Å². The predicted octanol–water partition coefficient (Wildman–Crippen LogP) is 3.27. The predicted molar refractivity (Wildman–Crippen MR) is 93.5 cm³/mol. The van der Waals surface area contributed by atoms with Crippen LogP contribution < -0.4 is 0 Å². The van der Waals surface area contributed by atoms with E-state index >= 15 is 0 Å². The van der Waals surface area contributed by atoms with Gasteiger partial charge in [0.2, 0.25) is 5.91 Å². The topological polar surface area (TPSA) is 51.0 Å². The van der Waals surface area contributed by atoms with E-state index in [-0.39, 0.29) is 11.8 Å². The van der Waals surface area contributed by atoms with Gasteiger partial charge in [-0.15, -0.1) is 0 Å². The molecule has 2 aromatic rings. The largest absolute Gasteiger partial charge is 0.342 e. The van der Waals surface area contributed by atoms with E-state index in [1.165, 1.54) is 0 Å². The van der Waals surface area contributed by atoms with Gasteiger partial charge in [0.25, 0.3) is 0 Å². The number of hydrogen-bond donors (Lipinski definition) is 0. The van der Waals surface area contributed by atoms with Crippen LogP contribution in [0.15, 0.2) is 43.0 Å². The lowest BCUT2D eigenvalue weighted by atomic mass is 9.84. The van der Waals surface area contributed by atoms with Crippen LogP contribution in [0.1, 0.15) is 50.6 Å². The Hall–Kier alpha value is -2.17. The van der Waals surface area contributed by atoms with Gasteiger partial charge in [0.15, 0.2) is 0 Å². The number of likely N-dealkylation sites (tertiary alicyclic amines) is 1. The Balaban J connectivity index is 1.70. The van der Waals surface area contributed by atoms with E-state index in [1.807, 2.05) is 27.8 Å². The fraction of sp³-hybridized carbons (Fsp3) is 0.526. The highest BCUT2D eigenvalue weighted by Crippen LogP contribution is 2.31. The first-order valence-electron chi connectivity index (χ1n) is 8.88. The van der Waals surface area contributed by atoms with Crippen LogP contribution in [0.4, 0.5) is 0 Å². The normalized spacial score (nSPS) is 18.3. The van der Waals surface area contributed by atoms with Gasteiger partial charge in [0, 0.05) is 13.1 Å². The summed E-state index contributed by atoms with van der Waals surface area (Å²) in [6.45, 7) is 5.93. The van der Waals surface area contributed by atoms with Crippen molar-refractivity contribution in [3.05, 3.63) is 48.5 Å². The first kappa shape index (κ1) is 16.7. The average Bonchev–Trinajstić information content (AvgIpc) is 3.17. The Labute approximate surface area is 143 Å². The Morgan fingerprint density at radius 2 is 1.96 bits per heavy atom. The van der Waals surface area contributed by atoms with E-state index in [0.717, 1.165) is 37.9 Å². The van der Waals surface area contributed by atoms with E-state index in [4.69, 9.17) is 0 Å². The zero-order chi connectivity index (χ0) is 16.9. The van der Waals surface area contributed by atoms with Crippen molar-refractivity contribution in [1.82, 2.24) is 19.7 Å². The summed E-state index contributed by atoms with van der Waals surface area (Å²) in [6, 6.07) is 10.6. The molecule has 24 heavy (non-hydrogen) atoms. The zero-order valence-electron chi connectivity index (χ0n) is 14.5. The van der Waals surface area contributed by atoms with Crippen LogP contribution in [-0.2, 0) is 4.79 Å². The molecule has 128 valence electrons. The van der Waals surface area contributed by atoms with Gasteiger partial charge in [0.05, 0.1) is 12.0 Å². The van der Waals surface area contributed by atoms with Gasteiger partial charge in [-0.1, -0.05) is 50.6 Å². The molecule has 5 nitrogen and oxygen atoms in total. The number of aromatic nitrogens is 3. The monoisotopic (exact) mass is 326 g/mol. The third kappa shape index (κ3) is 3.50. The minimum Gasteiger partial charge on any atom is -0.342 e. The summed E-state index contributed by atoms with van der Waals surface area (Å²) >= 11 is 0. The second-order valence-electron chi connectivity index (χ2n) is 6.71. The highest BCUT2D eigenvalue weighted by molar-refractivity contribution is 5.84. The molecule has 1 aliphatic heterocycles. The maximum absolute atomic E-state index is 13.2. The number of nitrogens with zero attached hydrogens (tertiary/aromatic N) is 4. The molecule has 0 N–H and O–H groups in total. The molecule has 1 fully saturated rings. The fourth-order valence-corrected chi connectivity index (χ4v) is 3.56. The Morgan fingerprint density at radius 1 is 1.25 bits per heavy atom. The lowest BCUT2D eigenvalue weighted by Crippen LogP contribution is -2.43. The molecule has 3 rings (SSSR count). The number of piperidine rings is 1. The molecular weight excluding hydrogens is 300 g/mol. The van der Waals surface area contributed by atoms with Gasteiger partial charge in [-0.25, -0.2) is 9.67 Å². The molecule has 0 unspecified atom stereocenters. The van der Waals surface area contributed by atoms with E-state index in [2.05, 4.69) is 36.1 Å². The Morgan fingerprint density at radius 3 is 2.54 bits per heavy atom. The maximum Gasteiger partial charge on any atom is 0.230 e. The van der Waals surface area contributed by atoms with Crippen molar-refractivity contribution in [3.63, 3.8) is 0 Å². The zero-order valence-corrected chi connectivity index (χ0v) is 14.5. The van der Waals surface area contributed by atoms with Gasteiger partial charge in [-0.3, -0.25) is 4.79 Å². The third-order valence-corrected chi connectivity index (χ3v) is 5.22. The van der Waals surface area contributed by atoms with E-state index < -0.39 is 0 Å². The molecule has 0 spiro atoms. The number of hydrogen-bond acceptors (Lipinski definition) is 3. The van der Waals surface area contributed by atoms with Crippen molar-refractivity contribution in [3.8, 4) is 0 Å². The minimum atomic E-state index is -0.0425. The number of rotatable bonds is 5. The average molecular weight is 326 g/mol. The SMILES string of the molecule is CC[C@@H](C)[C@H](C(=O)N1CCC(n2cncn2)CC1)c1ccccc1. The summed E-state index contributed by atoms with van der Waals surface area (Å²) in [5.74, 6) is 0.569. The Kier molecular flexibility index (Phi) is 5.28. The lowest BCUT2D eigenvalue weighted by molar-refractivity contribution is -0.135. The standard InChI is InChI=1S/C19H26N4O/c1-3-15(2)18(16-7-5-4-6-8-16)19(24)22-11-9-17(10-12-22)23-14-20-13-21-23/h4-8,13-15,17-18H,3,9-12H2,1-2H3/t15-,18+/m1/s1. The van der Waals surface area contributed by atoms with Crippen LogP contribution in [0.2, 0.25) is 0 Å². The molecule has 1 aliphatic rings. The van der Waals surface area contributed by atoms with Crippen LogP contribution in [0.5, 0.6) is 0 Å². The summed E-state index contributed by atoms with van der Waals surface area (Å²) in [5, 5.41) is 4.24. The van der Waals surface area contributed by atoms with Crippen LogP contribution in [0, 0.1) is 5.92 Å². The molecule has 1 aromatic carbocycles. The van der Waals surface area contributed by atoms with Gasteiger partial charge in [-0.2, -0.15) is 5.10 Å². The van der Waals surface area contributed by atoms with Gasteiger partial charge >= 0.3 is 0 Å². The van der Waals surface area contributed by atoms with Crippen molar-refractivity contribution in [2.24, 2.45) is 5.92 Å². The summed E-state index contributed by atoms with van der Waals surface area (Å²) < 4.78 is 1.92. The van der Waals surface area contributed by atoms with Crippen LogP contribution in [0.3, 0.4) is 0 Å². The minimum absolute atomic E-state index is 0.0425. The molecule has 1 amide bonds. The molecule has 0 radical (unpaired) electrons. The van der Waals surface area contributed by atoms with Crippen molar-refractivity contribution in [2.45, 2.75) is 45.1 Å². The van der Waals surface area contributed by atoms with Gasteiger partial charge in [-0.05, 0) is 24.3 Å². The molecule has 1 saturated heterocycles. The van der Waals surface area contributed by atoms with Gasteiger partial charge < -0.3 is 4.90 Å². The number of carbonyl (C=O) groups excluding carboxylic acids is 1. The second-order valence-corrected chi connectivity index (χ2v) is 6.71. The van der Waals surface area contributed by atoms with Crippen molar-refractivity contribution >= 4 is 5.91 Å². The molecule has 2 atom stereocenters. The lowest BCUT2D eigenvalue weighted by Gasteiger charge is -2.35. The van der Waals surface area contributed by atoms with Gasteiger partial charge in [0.1, 0.15) is 12.7 Å². The fourth-order valence-electron chi connectivity index (χ4n) is 3.56. The van der Waals surface area contributed by atoms with Crippen molar-refractivity contribution in [2.75, 3.05) is 13.1 Å². The summed E-state index contributed by atoms with van der Waals surface area (Å²) in [6.07, 6.45) is 6.23. The summed E-state index contributed by atoms with van der Waals surface area (Å²) in [7, 11) is 0. The van der Waals surface area contributed by atoms with E-state index in [1.54, 1.807) is 12.7 Å². The summed E-state index contributed by atoms with van der Waals surface area (Å²) in [4.78, 5) is 19.2. The molecule has 1 aromatic heterocycles. The van der Waals surface area contributed by atoms with Crippen LogP contribution in [-0.4, -0.2) is 38.7 Å². The Bertz CT molecular complexity index is 633. The third-order valence-electron chi connectivity index (χ3n) is 5.22. The number of benzene rings is 1. The highest BCUT2D eigenvalue weighted by Gasteiger charge is 2.32. The van der Waals surface area contributed by atoms with Crippen molar-refractivity contribution < 1.29 is 4.79 Å². The summed E-state index contributed by atoms with van der Waals surface area (Å²) in [5.41, 5.74) is 1.13. The smallest absolute Gasteiger partial charge is 0.230 e. The van der Waals surface area contributed by atoms with Crippen LogP contribution in [0.25, 0.3) is 0 Å². The molecule has 0 saturated carbocycles. The second kappa shape index (κ2) is 7.60. The number of amides is 1. The molecule has 0 aliphatic carbocycles. The van der Waals surface area contributed by atoms with Crippen molar-refractivity contribution in [1.29, 1.82) is 0 Å². The molecule has 2 heterocycles. The molecular formula is C19H26N4O. The highest BCUT2D eigenvalue weighted by atomic mass is 16.2. The number of carbonyl (C=O) groups is 1. The maximum atomic E-state index is 13.2. The first-order chi connectivity index (χ1) is 11.7. The van der Waals surface area contributed by atoms with Crippen LogP contribution >= 0.6 is 0 Å². The van der Waals surface area contributed by atoms with E-state index in [0.29, 0.717) is 12.0 Å². The quantitative estimate of drug-likeness (QED) is 0.847. The molecule has 0 bridgehead atoms. The first-order valence-corrected chi connectivity index (χ1v) is 8.88. The molecule has 5 heteroatoms.